The van der Waals surface area contributed by atoms with E-state index in [4.69, 9.17) is 9.47 Å². The summed E-state index contributed by atoms with van der Waals surface area (Å²) in [5.74, 6) is -0.313. The lowest BCUT2D eigenvalue weighted by atomic mass is 9.90. The highest BCUT2D eigenvalue weighted by Gasteiger charge is 2.40. The number of nitrogens with one attached hydrogen (secondary N) is 1. The van der Waals surface area contributed by atoms with Crippen LogP contribution in [-0.2, 0) is 9.47 Å². The predicted octanol–water partition coefficient (Wildman–Crippen LogP) is 3.63. The third-order valence-corrected chi connectivity index (χ3v) is 6.22. The van der Waals surface area contributed by atoms with Crippen LogP contribution in [0, 0.1) is 6.92 Å². The van der Waals surface area contributed by atoms with Gasteiger partial charge in [-0.15, -0.1) is 11.3 Å². The van der Waals surface area contributed by atoms with Crippen LogP contribution in [0.3, 0.4) is 0 Å². The van der Waals surface area contributed by atoms with Gasteiger partial charge >= 0.3 is 0 Å². The van der Waals surface area contributed by atoms with Crippen molar-refractivity contribution in [3.63, 3.8) is 0 Å². The molecule has 2 aromatic rings. The lowest BCUT2D eigenvalue weighted by Gasteiger charge is -2.35. The average molecular weight is 331 g/mol. The minimum atomic E-state index is -0.366. The van der Waals surface area contributed by atoms with Crippen molar-refractivity contribution in [1.82, 2.24) is 5.32 Å². The van der Waals surface area contributed by atoms with Crippen LogP contribution in [-0.4, -0.2) is 30.9 Å². The van der Waals surface area contributed by atoms with E-state index in [-0.39, 0.29) is 17.7 Å². The molecule has 0 unspecified atom stereocenters. The lowest BCUT2D eigenvalue weighted by molar-refractivity contribution is -0.179. The molecule has 122 valence electrons. The van der Waals surface area contributed by atoms with Crippen LogP contribution in [0.4, 0.5) is 0 Å². The van der Waals surface area contributed by atoms with Crippen LogP contribution in [0.25, 0.3) is 10.1 Å². The molecule has 4 nitrogen and oxygen atoms in total. The number of thiophene rings is 1. The van der Waals surface area contributed by atoms with Crippen molar-refractivity contribution in [3.8, 4) is 0 Å². The smallest absolute Gasteiger partial charge is 0.261 e. The number of fused-ring (bicyclic) bond motifs is 1. The molecular weight excluding hydrogens is 310 g/mol. The minimum absolute atomic E-state index is 0.0536. The molecule has 2 aliphatic rings. The highest BCUT2D eigenvalue weighted by atomic mass is 32.1. The number of hydrogen-bond donors (Lipinski definition) is 1. The molecule has 1 N–H and O–H groups in total. The summed E-state index contributed by atoms with van der Waals surface area (Å²) in [5.41, 5.74) is 1.08. The zero-order valence-electron chi connectivity index (χ0n) is 13.3. The number of amides is 1. The number of benzene rings is 1. The molecule has 1 saturated carbocycles. The molecule has 1 aromatic carbocycles. The Labute approximate surface area is 139 Å². The number of carbonyl (C=O) groups is 1. The summed E-state index contributed by atoms with van der Waals surface area (Å²) in [6.45, 7) is 3.42. The van der Waals surface area contributed by atoms with E-state index in [1.165, 1.54) is 10.1 Å². The number of carbonyl (C=O) groups excluding carboxylic acids is 1. The van der Waals surface area contributed by atoms with Crippen LogP contribution in [0.5, 0.6) is 0 Å². The molecular formula is C18H21NO3S. The summed E-state index contributed by atoms with van der Waals surface area (Å²) < 4.78 is 12.7. The zero-order chi connectivity index (χ0) is 15.9. The summed E-state index contributed by atoms with van der Waals surface area (Å²) in [4.78, 5) is 13.5. The van der Waals surface area contributed by atoms with Crippen molar-refractivity contribution >= 4 is 27.3 Å². The van der Waals surface area contributed by atoms with Crippen molar-refractivity contribution in [2.24, 2.45) is 0 Å². The third kappa shape index (κ3) is 2.77. The van der Waals surface area contributed by atoms with Gasteiger partial charge in [0.1, 0.15) is 0 Å². The van der Waals surface area contributed by atoms with Crippen LogP contribution >= 0.6 is 11.3 Å². The molecule has 1 amide bonds. The lowest BCUT2D eigenvalue weighted by Crippen LogP contribution is -2.43. The Hall–Kier alpha value is -1.43. The monoisotopic (exact) mass is 331 g/mol. The van der Waals surface area contributed by atoms with E-state index >= 15 is 0 Å². The topological polar surface area (TPSA) is 47.6 Å². The number of aryl methyl sites for hydroxylation is 1. The zero-order valence-corrected chi connectivity index (χ0v) is 14.1. The molecule has 1 aromatic heterocycles. The normalized spacial score (nSPS) is 21.1. The first-order valence-corrected chi connectivity index (χ1v) is 9.05. The molecule has 1 aliphatic carbocycles. The first-order valence-electron chi connectivity index (χ1n) is 8.24. The van der Waals surface area contributed by atoms with E-state index in [0.29, 0.717) is 13.2 Å². The fourth-order valence-corrected chi connectivity index (χ4v) is 4.74. The molecule has 1 saturated heterocycles. The number of ether oxygens (including phenoxy) is 2. The molecule has 0 radical (unpaired) electrons. The van der Waals surface area contributed by atoms with Gasteiger partial charge in [0.15, 0.2) is 5.79 Å². The van der Waals surface area contributed by atoms with Crippen molar-refractivity contribution in [2.75, 3.05) is 13.2 Å². The van der Waals surface area contributed by atoms with Gasteiger partial charge in [-0.25, -0.2) is 0 Å². The maximum Gasteiger partial charge on any atom is 0.261 e. The van der Waals surface area contributed by atoms with E-state index < -0.39 is 0 Å². The van der Waals surface area contributed by atoms with E-state index in [9.17, 15) is 4.79 Å². The first kappa shape index (κ1) is 15.1. The Kier molecular flexibility index (Phi) is 3.87. The second kappa shape index (κ2) is 5.89. The van der Waals surface area contributed by atoms with Gasteiger partial charge in [-0.3, -0.25) is 4.79 Å². The molecule has 23 heavy (non-hydrogen) atoms. The highest BCUT2D eigenvalue weighted by molar-refractivity contribution is 7.21. The van der Waals surface area contributed by atoms with Gasteiger partial charge in [0.25, 0.3) is 5.91 Å². The van der Waals surface area contributed by atoms with Gasteiger partial charge in [0, 0.05) is 23.6 Å². The summed E-state index contributed by atoms with van der Waals surface area (Å²) in [7, 11) is 0. The Balaban J connectivity index is 1.44. The molecule has 0 atom stereocenters. The molecule has 5 heteroatoms. The fourth-order valence-electron chi connectivity index (χ4n) is 3.63. The van der Waals surface area contributed by atoms with Crippen LogP contribution < -0.4 is 5.32 Å². The predicted molar refractivity (Wildman–Crippen MR) is 90.9 cm³/mol. The van der Waals surface area contributed by atoms with Crippen molar-refractivity contribution in [1.29, 1.82) is 0 Å². The van der Waals surface area contributed by atoms with Gasteiger partial charge in [-0.2, -0.15) is 0 Å². The SMILES string of the molecule is Cc1c(C(=O)NC2CCC3(CC2)OCCO3)sc2ccccc12. The maximum absolute atomic E-state index is 12.7. The number of hydrogen-bond acceptors (Lipinski definition) is 4. The quantitative estimate of drug-likeness (QED) is 0.914. The Morgan fingerprint density at radius 1 is 1.22 bits per heavy atom. The summed E-state index contributed by atoms with van der Waals surface area (Å²) in [6, 6.07) is 8.40. The average Bonchev–Trinajstić information content (AvgIpc) is 3.16. The second-order valence-electron chi connectivity index (χ2n) is 6.41. The third-order valence-electron chi connectivity index (χ3n) is 4.95. The summed E-state index contributed by atoms with van der Waals surface area (Å²) >= 11 is 1.58. The van der Waals surface area contributed by atoms with Crippen LogP contribution in [0.15, 0.2) is 24.3 Å². The van der Waals surface area contributed by atoms with Gasteiger partial charge in [0.05, 0.1) is 18.1 Å². The second-order valence-corrected chi connectivity index (χ2v) is 7.46. The molecule has 2 heterocycles. The van der Waals surface area contributed by atoms with E-state index in [2.05, 4.69) is 17.4 Å². The van der Waals surface area contributed by atoms with Crippen molar-refractivity contribution in [3.05, 3.63) is 34.7 Å². The van der Waals surface area contributed by atoms with Crippen molar-refractivity contribution < 1.29 is 14.3 Å². The van der Waals surface area contributed by atoms with E-state index in [1.807, 2.05) is 19.1 Å². The molecule has 1 spiro atoms. The largest absolute Gasteiger partial charge is 0.349 e. The van der Waals surface area contributed by atoms with Gasteiger partial charge in [-0.05, 0) is 36.8 Å². The fraction of sp³-hybridized carbons (Fsp3) is 0.500. The maximum atomic E-state index is 12.7. The van der Waals surface area contributed by atoms with Gasteiger partial charge in [-0.1, -0.05) is 18.2 Å². The first-order chi connectivity index (χ1) is 11.2. The molecule has 4 rings (SSSR count). The minimum Gasteiger partial charge on any atom is -0.349 e. The Morgan fingerprint density at radius 3 is 2.61 bits per heavy atom. The van der Waals surface area contributed by atoms with E-state index in [1.54, 1.807) is 11.3 Å². The molecule has 2 fully saturated rings. The summed E-state index contributed by atoms with van der Waals surface area (Å²) in [6.07, 6.45) is 3.55. The standard InChI is InChI=1S/C18H21NO3S/c1-12-14-4-2-3-5-15(14)23-16(12)17(20)19-13-6-8-18(9-7-13)21-10-11-22-18/h2-5,13H,6-11H2,1H3,(H,19,20). The van der Waals surface area contributed by atoms with Crippen molar-refractivity contribution in [2.45, 2.75) is 44.4 Å². The molecule has 0 bridgehead atoms. The number of rotatable bonds is 2. The van der Waals surface area contributed by atoms with Gasteiger partial charge in [0.2, 0.25) is 0 Å². The Bertz CT molecular complexity index is 723. The Morgan fingerprint density at radius 2 is 1.91 bits per heavy atom. The van der Waals surface area contributed by atoms with Crippen LogP contribution in [0.1, 0.15) is 40.9 Å². The van der Waals surface area contributed by atoms with Gasteiger partial charge < -0.3 is 14.8 Å². The molecule has 1 aliphatic heterocycles. The van der Waals surface area contributed by atoms with Crippen LogP contribution in [0.2, 0.25) is 0 Å². The van der Waals surface area contributed by atoms with E-state index in [0.717, 1.165) is 36.1 Å². The summed E-state index contributed by atoms with van der Waals surface area (Å²) in [5, 5.41) is 4.38. The highest BCUT2D eigenvalue weighted by Crippen LogP contribution is 2.36.